The minimum Gasteiger partial charge on any atom is -0.324 e. The van der Waals surface area contributed by atoms with Crippen LogP contribution in [0.25, 0.3) is 16.9 Å². The van der Waals surface area contributed by atoms with Crippen LogP contribution in [0.1, 0.15) is 31.2 Å². The van der Waals surface area contributed by atoms with E-state index in [1.54, 1.807) is 13.0 Å². The van der Waals surface area contributed by atoms with Crippen LogP contribution in [0.15, 0.2) is 65.5 Å². The summed E-state index contributed by atoms with van der Waals surface area (Å²) in [6, 6.07) is 19.1. The van der Waals surface area contributed by atoms with Gasteiger partial charge in [0.1, 0.15) is 12.4 Å². The molecule has 0 aliphatic carbocycles. The van der Waals surface area contributed by atoms with Gasteiger partial charge in [-0.3, -0.25) is 4.79 Å². The molecule has 4 rings (SSSR count). The summed E-state index contributed by atoms with van der Waals surface area (Å²) in [4.78, 5) is 29.8. The Kier molecular flexibility index (Phi) is 5.18. The first-order valence-corrected chi connectivity index (χ1v) is 9.85. The van der Waals surface area contributed by atoms with Gasteiger partial charge in [-0.1, -0.05) is 56.3 Å². The first-order valence-electron chi connectivity index (χ1n) is 9.85. The SMILES string of the molecule is Cc1nc(-c2ccccc2)cc2nn(CC(=O)Nc3cccc(C(C)C)c3)c(=O)n12. The van der Waals surface area contributed by atoms with E-state index >= 15 is 0 Å². The normalized spacial score (nSPS) is 11.2. The van der Waals surface area contributed by atoms with Crippen LogP contribution in [0.2, 0.25) is 0 Å². The molecule has 0 aliphatic heterocycles. The van der Waals surface area contributed by atoms with Gasteiger partial charge in [-0.05, 0) is 30.5 Å². The molecule has 0 aliphatic rings. The number of nitrogens with one attached hydrogen (secondary N) is 1. The van der Waals surface area contributed by atoms with Gasteiger partial charge in [-0.15, -0.1) is 5.10 Å². The fourth-order valence-electron chi connectivity index (χ4n) is 3.37. The van der Waals surface area contributed by atoms with Gasteiger partial charge in [-0.25, -0.2) is 18.9 Å². The van der Waals surface area contributed by atoms with Crippen molar-refractivity contribution in [3.63, 3.8) is 0 Å². The Morgan fingerprint density at radius 1 is 1.07 bits per heavy atom. The topological polar surface area (TPSA) is 81.3 Å². The van der Waals surface area contributed by atoms with Crippen LogP contribution in [-0.4, -0.2) is 25.1 Å². The second-order valence-electron chi connectivity index (χ2n) is 7.52. The molecule has 1 N–H and O–H groups in total. The van der Waals surface area contributed by atoms with E-state index in [1.807, 2.05) is 54.6 Å². The quantitative estimate of drug-likeness (QED) is 0.554. The van der Waals surface area contributed by atoms with E-state index in [9.17, 15) is 9.59 Å². The standard InChI is InChI=1S/C23H23N5O2/c1-15(2)18-10-7-11-19(12-18)25-22(29)14-27-23(30)28-16(3)24-20(13-21(28)26-27)17-8-5-4-6-9-17/h4-13,15H,14H2,1-3H3,(H,25,29). The van der Waals surface area contributed by atoms with Gasteiger partial charge in [0.25, 0.3) is 0 Å². The summed E-state index contributed by atoms with van der Waals surface area (Å²) in [6.07, 6.45) is 0. The van der Waals surface area contributed by atoms with Crippen LogP contribution >= 0.6 is 0 Å². The molecule has 0 fully saturated rings. The Morgan fingerprint density at radius 3 is 2.57 bits per heavy atom. The average Bonchev–Trinajstić information content (AvgIpc) is 3.04. The Bertz CT molecular complexity index is 1270. The van der Waals surface area contributed by atoms with Gasteiger partial charge in [0, 0.05) is 17.3 Å². The first kappa shape index (κ1) is 19.6. The van der Waals surface area contributed by atoms with Crippen LogP contribution < -0.4 is 11.0 Å². The highest BCUT2D eigenvalue weighted by atomic mass is 16.2. The van der Waals surface area contributed by atoms with Gasteiger partial charge in [-0.2, -0.15) is 0 Å². The highest BCUT2D eigenvalue weighted by molar-refractivity contribution is 5.90. The molecule has 0 unspecified atom stereocenters. The third kappa shape index (κ3) is 3.87. The second-order valence-corrected chi connectivity index (χ2v) is 7.52. The Labute approximate surface area is 174 Å². The van der Waals surface area contributed by atoms with Crippen LogP contribution in [0, 0.1) is 6.92 Å². The lowest BCUT2D eigenvalue weighted by Gasteiger charge is -2.09. The molecule has 2 aromatic heterocycles. The lowest BCUT2D eigenvalue weighted by Crippen LogP contribution is -2.28. The molecule has 2 aromatic carbocycles. The Balaban J connectivity index is 1.61. The molecule has 0 radical (unpaired) electrons. The molecule has 7 nitrogen and oxygen atoms in total. The number of rotatable bonds is 5. The maximum atomic E-state index is 12.8. The molecule has 0 spiro atoms. The van der Waals surface area contributed by atoms with Crippen molar-refractivity contribution < 1.29 is 4.79 Å². The summed E-state index contributed by atoms with van der Waals surface area (Å²) in [5.74, 6) is 0.570. The van der Waals surface area contributed by atoms with Gasteiger partial charge in [0.2, 0.25) is 5.91 Å². The van der Waals surface area contributed by atoms with E-state index in [1.165, 1.54) is 9.08 Å². The molecule has 7 heteroatoms. The highest BCUT2D eigenvalue weighted by Crippen LogP contribution is 2.19. The molecular weight excluding hydrogens is 378 g/mol. The first-order chi connectivity index (χ1) is 14.4. The molecule has 1 amide bonds. The number of nitrogens with zero attached hydrogens (tertiary/aromatic N) is 4. The van der Waals surface area contributed by atoms with Crippen molar-refractivity contribution in [2.45, 2.75) is 33.2 Å². The lowest BCUT2D eigenvalue weighted by atomic mass is 10.0. The monoisotopic (exact) mass is 401 g/mol. The third-order valence-electron chi connectivity index (χ3n) is 4.94. The summed E-state index contributed by atoms with van der Waals surface area (Å²) in [7, 11) is 0. The van der Waals surface area contributed by atoms with Gasteiger partial charge in [0.15, 0.2) is 5.65 Å². The number of anilines is 1. The number of carbonyl (C=O) groups excluding carboxylic acids is 1. The predicted molar refractivity (Wildman–Crippen MR) is 117 cm³/mol. The van der Waals surface area contributed by atoms with Crippen LogP contribution in [-0.2, 0) is 11.3 Å². The zero-order valence-corrected chi connectivity index (χ0v) is 17.2. The predicted octanol–water partition coefficient (Wildman–Crippen LogP) is 3.63. The molecule has 30 heavy (non-hydrogen) atoms. The smallest absolute Gasteiger partial charge is 0.324 e. The zero-order valence-electron chi connectivity index (χ0n) is 17.2. The molecule has 0 atom stereocenters. The minimum absolute atomic E-state index is 0.174. The van der Waals surface area contributed by atoms with Crippen LogP contribution in [0.5, 0.6) is 0 Å². The van der Waals surface area contributed by atoms with E-state index in [4.69, 9.17) is 0 Å². The zero-order chi connectivity index (χ0) is 21.3. The second kappa shape index (κ2) is 7.94. The number of fused-ring (bicyclic) bond motifs is 1. The molecule has 4 aromatic rings. The van der Waals surface area contributed by atoms with Crippen molar-refractivity contribution in [3.8, 4) is 11.3 Å². The highest BCUT2D eigenvalue weighted by Gasteiger charge is 2.15. The van der Waals surface area contributed by atoms with Crippen molar-refractivity contribution in [1.82, 2.24) is 19.2 Å². The summed E-state index contributed by atoms with van der Waals surface area (Å²) in [5.41, 5.74) is 3.57. The van der Waals surface area contributed by atoms with Crippen LogP contribution in [0.4, 0.5) is 5.69 Å². The number of aromatic nitrogens is 4. The molecule has 0 saturated carbocycles. The molecular formula is C23H23N5O2. The molecule has 152 valence electrons. The number of benzene rings is 2. The van der Waals surface area contributed by atoms with E-state index < -0.39 is 0 Å². The molecule has 0 saturated heterocycles. The lowest BCUT2D eigenvalue weighted by molar-refractivity contribution is -0.117. The fraction of sp³-hybridized carbons (Fsp3) is 0.217. The van der Waals surface area contributed by atoms with E-state index in [-0.39, 0.29) is 18.1 Å². The van der Waals surface area contributed by atoms with Gasteiger partial charge in [0.05, 0.1) is 5.69 Å². The van der Waals surface area contributed by atoms with Gasteiger partial charge >= 0.3 is 5.69 Å². The summed E-state index contributed by atoms with van der Waals surface area (Å²) < 4.78 is 2.58. The number of aryl methyl sites for hydroxylation is 1. The summed E-state index contributed by atoms with van der Waals surface area (Å²) in [5, 5.41) is 7.20. The van der Waals surface area contributed by atoms with Crippen molar-refractivity contribution >= 4 is 17.2 Å². The largest absolute Gasteiger partial charge is 0.352 e. The van der Waals surface area contributed by atoms with Crippen LogP contribution in [0.3, 0.4) is 0 Å². The average molecular weight is 401 g/mol. The number of hydrogen-bond donors (Lipinski definition) is 1. The molecule has 2 heterocycles. The minimum atomic E-state index is -0.388. The maximum Gasteiger partial charge on any atom is 0.352 e. The van der Waals surface area contributed by atoms with E-state index in [0.29, 0.717) is 23.1 Å². The van der Waals surface area contributed by atoms with Crippen molar-refractivity contribution in [3.05, 3.63) is 82.5 Å². The van der Waals surface area contributed by atoms with E-state index in [0.717, 1.165) is 16.8 Å². The Morgan fingerprint density at radius 2 is 1.83 bits per heavy atom. The molecule has 0 bridgehead atoms. The van der Waals surface area contributed by atoms with Crippen molar-refractivity contribution in [2.24, 2.45) is 0 Å². The van der Waals surface area contributed by atoms with Crippen molar-refractivity contribution in [2.75, 3.05) is 5.32 Å². The van der Waals surface area contributed by atoms with E-state index in [2.05, 4.69) is 29.2 Å². The maximum absolute atomic E-state index is 12.8. The number of hydrogen-bond acceptors (Lipinski definition) is 4. The fourth-order valence-corrected chi connectivity index (χ4v) is 3.37. The number of carbonyl (C=O) groups is 1. The Hall–Kier alpha value is -3.74. The van der Waals surface area contributed by atoms with Crippen molar-refractivity contribution in [1.29, 1.82) is 0 Å². The number of amides is 1. The summed E-state index contributed by atoms with van der Waals surface area (Å²) in [6.45, 7) is 5.77. The third-order valence-corrected chi connectivity index (χ3v) is 4.94. The summed E-state index contributed by atoms with van der Waals surface area (Å²) >= 11 is 0. The van der Waals surface area contributed by atoms with Gasteiger partial charge < -0.3 is 5.32 Å².